The molecule has 0 fully saturated rings. The van der Waals surface area contributed by atoms with Crippen molar-refractivity contribution in [3.8, 4) is 11.6 Å². The number of nitrogens with one attached hydrogen (secondary N) is 2. The Bertz CT molecular complexity index is 1050. The number of benzene rings is 1. The van der Waals surface area contributed by atoms with Gasteiger partial charge in [0, 0.05) is 23.7 Å². The number of urea groups is 1. The number of amides is 2. The number of carbonyl (C=O) groups excluding carboxylic acids is 2. The van der Waals surface area contributed by atoms with Crippen LogP contribution in [0.15, 0.2) is 23.1 Å². The van der Waals surface area contributed by atoms with Gasteiger partial charge >= 0.3 is 12.0 Å². The maximum absolute atomic E-state index is 12.6. The van der Waals surface area contributed by atoms with Gasteiger partial charge in [0.2, 0.25) is 11.8 Å². The van der Waals surface area contributed by atoms with E-state index < -0.39 is 32.7 Å². The summed E-state index contributed by atoms with van der Waals surface area (Å²) in [5.41, 5.74) is 0.476. The van der Waals surface area contributed by atoms with Crippen LogP contribution in [0.3, 0.4) is 0 Å². The lowest BCUT2D eigenvalue weighted by atomic mass is 10.3. The first-order valence-electron chi connectivity index (χ1n) is 7.42. The summed E-state index contributed by atoms with van der Waals surface area (Å²) >= 11 is 11.7. The van der Waals surface area contributed by atoms with Gasteiger partial charge in [-0.15, -0.1) is 0 Å². The fraction of sp³-hybridized carbons (Fsp3) is 0.200. The van der Waals surface area contributed by atoms with E-state index in [2.05, 4.69) is 15.3 Å². The summed E-state index contributed by atoms with van der Waals surface area (Å²) in [6, 6.07) is 2.51. The minimum atomic E-state index is -4.52. The molecule has 0 unspecified atom stereocenters. The first-order valence-corrected chi connectivity index (χ1v) is 9.66. The van der Waals surface area contributed by atoms with Crippen molar-refractivity contribution in [1.29, 1.82) is 0 Å². The van der Waals surface area contributed by atoms with Crippen LogP contribution in [0, 0.1) is 6.92 Å². The molecule has 2 amide bonds. The second kappa shape index (κ2) is 8.59. The molecule has 0 saturated heterocycles. The van der Waals surface area contributed by atoms with Crippen LogP contribution in [0.5, 0.6) is 11.6 Å². The molecule has 13 heteroatoms. The Kier molecular flexibility index (Phi) is 6.65. The van der Waals surface area contributed by atoms with Gasteiger partial charge in [-0.2, -0.15) is 4.98 Å². The summed E-state index contributed by atoms with van der Waals surface area (Å²) in [6.07, 6.45) is 0. The number of aromatic nitrogens is 2. The summed E-state index contributed by atoms with van der Waals surface area (Å²) in [5.74, 6) is -1.30. The number of carbonyl (C=O) groups is 2. The molecule has 0 spiro atoms. The van der Waals surface area contributed by atoms with Gasteiger partial charge in [-0.3, -0.25) is 10.1 Å². The van der Waals surface area contributed by atoms with Crippen molar-refractivity contribution in [1.82, 2.24) is 14.7 Å². The molecule has 28 heavy (non-hydrogen) atoms. The Labute approximate surface area is 170 Å². The highest BCUT2D eigenvalue weighted by Crippen LogP contribution is 2.35. The van der Waals surface area contributed by atoms with E-state index in [9.17, 15) is 18.0 Å². The summed E-state index contributed by atoms with van der Waals surface area (Å²) < 4.78 is 36.7. The maximum atomic E-state index is 12.6. The van der Waals surface area contributed by atoms with Crippen molar-refractivity contribution < 1.29 is 27.5 Å². The van der Waals surface area contributed by atoms with Gasteiger partial charge < -0.3 is 9.47 Å². The number of hydrogen-bond acceptors (Lipinski definition) is 8. The lowest BCUT2D eigenvalue weighted by Crippen LogP contribution is -2.35. The zero-order valence-electron chi connectivity index (χ0n) is 14.7. The molecule has 2 rings (SSSR count). The van der Waals surface area contributed by atoms with Gasteiger partial charge in [0.05, 0.1) is 12.1 Å². The van der Waals surface area contributed by atoms with Gasteiger partial charge in [-0.1, -0.05) is 23.2 Å². The molecule has 0 aliphatic heterocycles. The Balaban J connectivity index is 2.32. The highest BCUT2D eigenvalue weighted by molar-refractivity contribution is 7.90. The number of methoxy groups -OCH3 is 1. The van der Waals surface area contributed by atoms with Crippen LogP contribution in [-0.4, -0.2) is 37.5 Å². The molecule has 10 nitrogen and oxygen atoms in total. The Morgan fingerprint density at radius 2 is 1.82 bits per heavy atom. The number of nitrogens with zero attached hydrogens (tertiary/aromatic N) is 2. The number of aryl methyl sites for hydroxylation is 1. The van der Waals surface area contributed by atoms with Gasteiger partial charge in [-0.05, 0) is 19.1 Å². The molecule has 1 heterocycles. The summed E-state index contributed by atoms with van der Waals surface area (Å²) in [4.78, 5) is 30.6. The molecule has 0 atom stereocenters. The monoisotopic (exact) mass is 448 g/mol. The molecule has 2 aromatic rings. The fourth-order valence-corrected chi connectivity index (χ4v) is 3.72. The topological polar surface area (TPSA) is 137 Å². The van der Waals surface area contributed by atoms with E-state index in [1.54, 1.807) is 11.6 Å². The minimum Gasteiger partial charge on any atom is -0.481 e. The summed E-state index contributed by atoms with van der Waals surface area (Å²) in [5, 5.41) is 1.89. The lowest BCUT2D eigenvalue weighted by Gasteiger charge is -2.13. The summed E-state index contributed by atoms with van der Waals surface area (Å²) in [6.45, 7) is 2.69. The van der Waals surface area contributed by atoms with Crippen LogP contribution in [0.25, 0.3) is 0 Å². The molecule has 0 radical (unpaired) electrons. The van der Waals surface area contributed by atoms with E-state index in [1.807, 2.05) is 0 Å². The SMILES string of the molecule is COc1cc(C)nc(NC(=O)NS(=O)(=O)c2cc(Cl)cc(Cl)c2OC(C)=O)n1. The number of halogens is 2. The van der Waals surface area contributed by atoms with Crippen LogP contribution >= 0.6 is 23.2 Å². The number of ether oxygens (including phenoxy) is 2. The number of esters is 1. The average molecular weight is 449 g/mol. The van der Waals surface area contributed by atoms with Crippen molar-refractivity contribution in [2.45, 2.75) is 18.7 Å². The zero-order valence-corrected chi connectivity index (χ0v) is 17.1. The van der Waals surface area contributed by atoms with Crippen molar-refractivity contribution in [2.75, 3.05) is 12.4 Å². The number of hydrogen-bond donors (Lipinski definition) is 2. The van der Waals surface area contributed by atoms with Crippen LogP contribution < -0.4 is 19.5 Å². The first kappa shape index (κ1) is 21.7. The molecule has 1 aromatic carbocycles. The molecule has 0 saturated carbocycles. The van der Waals surface area contributed by atoms with E-state index in [-0.39, 0.29) is 21.9 Å². The van der Waals surface area contributed by atoms with Crippen molar-refractivity contribution in [2.24, 2.45) is 0 Å². The average Bonchev–Trinajstić information content (AvgIpc) is 2.55. The molecule has 0 aliphatic carbocycles. The van der Waals surface area contributed by atoms with Crippen molar-refractivity contribution >= 4 is 51.2 Å². The van der Waals surface area contributed by atoms with E-state index >= 15 is 0 Å². The predicted octanol–water partition coefficient (Wildman–Crippen LogP) is 2.54. The Hall–Kier alpha value is -2.63. The third-order valence-corrected chi connectivity index (χ3v) is 4.84. The molecule has 2 N–H and O–H groups in total. The summed E-state index contributed by atoms with van der Waals surface area (Å²) in [7, 11) is -3.15. The van der Waals surface area contributed by atoms with Crippen LogP contribution in [0.1, 0.15) is 12.6 Å². The number of anilines is 1. The normalized spacial score (nSPS) is 10.9. The smallest absolute Gasteiger partial charge is 0.335 e. The molecule has 150 valence electrons. The Morgan fingerprint density at radius 3 is 2.43 bits per heavy atom. The third-order valence-electron chi connectivity index (χ3n) is 3.00. The minimum absolute atomic E-state index is 0.0477. The fourth-order valence-electron chi connectivity index (χ4n) is 1.98. The number of rotatable bonds is 5. The van der Waals surface area contributed by atoms with Crippen LogP contribution in [-0.2, 0) is 14.8 Å². The molecule has 0 aliphatic rings. The Morgan fingerprint density at radius 1 is 1.14 bits per heavy atom. The molecule has 0 bridgehead atoms. The number of sulfonamides is 1. The van der Waals surface area contributed by atoms with E-state index in [0.717, 1.165) is 13.0 Å². The van der Waals surface area contributed by atoms with Crippen LogP contribution in [0.2, 0.25) is 10.0 Å². The van der Waals surface area contributed by atoms with Gasteiger partial charge in [0.15, 0.2) is 5.75 Å². The van der Waals surface area contributed by atoms with E-state index in [4.69, 9.17) is 32.7 Å². The largest absolute Gasteiger partial charge is 0.481 e. The quantitative estimate of drug-likeness (QED) is 0.525. The van der Waals surface area contributed by atoms with Gasteiger partial charge in [-0.25, -0.2) is 22.9 Å². The van der Waals surface area contributed by atoms with Gasteiger partial charge in [0.1, 0.15) is 4.90 Å². The maximum Gasteiger partial charge on any atom is 0.335 e. The lowest BCUT2D eigenvalue weighted by molar-refractivity contribution is -0.132. The third kappa shape index (κ3) is 5.44. The molecule has 1 aromatic heterocycles. The second-order valence-electron chi connectivity index (χ2n) is 5.24. The highest BCUT2D eigenvalue weighted by Gasteiger charge is 2.26. The highest BCUT2D eigenvalue weighted by atomic mass is 35.5. The zero-order chi connectivity index (χ0) is 21.1. The van der Waals surface area contributed by atoms with Crippen molar-refractivity contribution in [3.05, 3.63) is 33.9 Å². The first-order chi connectivity index (χ1) is 13.0. The van der Waals surface area contributed by atoms with E-state index in [1.165, 1.54) is 19.2 Å². The standard InChI is InChI=1S/C15H14Cl2N4O6S/c1-7-4-12(26-3)19-14(18-7)20-15(23)21-28(24,25)11-6-9(16)5-10(17)13(11)27-8(2)22/h4-6H,1-3H3,(H2,18,19,20,21,23). The van der Waals surface area contributed by atoms with E-state index in [0.29, 0.717) is 5.69 Å². The molecular formula is C15H14Cl2N4O6S. The van der Waals surface area contributed by atoms with Gasteiger partial charge in [0.25, 0.3) is 10.0 Å². The van der Waals surface area contributed by atoms with Crippen molar-refractivity contribution in [3.63, 3.8) is 0 Å². The predicted molar refractivity (Wildman–Crippen MR) is 100 cm³/mol. The van der Waals surface area contributed by atoms with Crippen LogP contribution in [0.4, 0.5) is 10.7 Å². The molecular weight excluding hydrogens is 435 g/mol. The second-order valence-corrected chi connectivity index (χ2v) is 7.74.